The minimum Gasteiger partial charge on any atom is -0.370 e. The van der Waals surface area contributed by atoms with E-state index in [-0.39, 0.29) is 0 Å². The summed E-state index contributed by atoms with van der Waals surface area (Å²) in [5, 5.41) is 10.1. The summed E-state index contributed by atoms with van der Waals surface area (Å²) in [7, 11) is 2.05. The van der Waals surface area contributed by atoms with Crippen LogP contribution in [0.15, 0.2) is 6.07 Å². The molecule has 0 aliphatic heterocycles. The van der Waals surface area contributed by atoms with E-state index in [0.29, 0.717) is 12.1 Å². The number of anilines is 2. The highest BCUT2D eigenvalue weighted by molar-refractivity contribution is 5.48. The van der Waals surface area contributed by atoms with E-state index >= 15 is 0 Å². The van der Waals surface area contributed by atoms with Gasteiger partial charge in [-0.1, -0.05) is 0 Å². The summed E-state index contributed by atoms with van der Waals surface area (Å²) in [4.78, 5) is 8.84. The largest absolute Gasteiger partial charge is 0.370 e. The van der Waals surface area contributed by atoms with Crippen molar-refractivity contribution in [1.82, 2.24) is 15.3 Å². The van der Waals surface area contributed by atoms with Crippen LogP contribution in [0.25, 0.3) is 0 Å². The molecule has 1 aromatic heterocycles. The van der Waals surface area contributed by atoms with Crippen molar-refractivity contribution in [2.45, 2.75) is 51.6 Å². The Balaban J connectivity index is 1.95. The van der Waals surface area contributed by atoms with Gasteiger partial charge in [-0.25, -0.2) is 9.97 Å². The number of hydrogen-bond acceptors (Lipinski definition) is 5. The van der Waals surface area contributed by atoms with Crippen LogP contribution >= 0.6 is 0 Å². The summed E-state index contributed by atoms with van der Waals surface area (Å²) in [6.07, 6.45) is 4.87. The summed E-state index contributed by atoms with van der Waals surface area (Å²) in [6.45, 7) is 4.89. The lowest BCUT2D eigenvalue weighted by molar-refractivity contribution is 0.371. The van der Waals surface area contributed by atoms with Crippen molar-refractivity contribution in [3.05, 3.63) is 11.9 Å². The molecule has 0 aromatic carbocycles. The Labute approximate surface area is 115 Å². The standard InChI is InChI=1S/C14H25N5/c1-4-16-13-9-14(18-10(2)17-13)19-12-7-5-11(15-3)6-8-12/h9,11-12,15H,4-8H2,1-3H3,(H2,16,17,18,19). The van der Waals surface area contributed by atoms with Crippen molar-refractivity contribution >= 4 is 11.6 Å². The van der Waals surface area contributed by atoms with Gasteiger partial charge >= 0.3 is 0 Å². The van der Waals surface area contributed by atoms with Gasteiger partial charge in [0.15, 0.2) is 0 Å². The molecule has 19 heavy (non-hydrogen) atoms. The van der Waals surface area contributed by atoms with Gasteiger partial charge in [0, 0.05) is 24.7 Å². The third-order valence-electron chi connectivity index (χ3n) is 3.68. The first-order chi connectivity index (χ1) is 9.21. The smallest absolute Gasteiger partial charge is 0.132 e. The Morgan fingerprint density at radius 2 is 1.74 bits per heavy atom. The van der Waals surface area contributed by atoms with Crippen molar-refractivity contribution in [2.24, 2.45) is 0 Å². The third-order valence-corrected chi connectivity index (χ3v) is 3.68. The molecule has 1 saturated carbocycles. The molecule has 0 spiro atoms. The Morgan fingerprint density at radius 1 is 1.11 bits per heavy atom. The molecule has 0 bridgehead atoms. The first kappa shape index (κ1) is 14.1. The Bertz CT molecular complexity index is 399. The Kier molecular flexibility index (Phi) is 4.96. The molecular weight excluding hydrogens is 238 g/mol. The zero-order chi connectivity index (χ0) is 13.7. The van der Waals surface area contributed by atoms with Crippen LogP contribution in [-0.2, 0) is 0 Å². The van der Waals surface area contributed by atoms with Gasteiger partial charge in [0.2, 0.25) is 0 Å². The second-order valence-electron chi connectivity index (χ2n) is 5.20. The van der Waals surface area contributed by atoms with Crippen LogP contribution in [0.3, 0.4) is 0 Å². The van der Waals surface area contributed by atoms with Crippen molar-refractivity contribution < 1.29 is 0 Å². The summed E-state index contributed by atoms with van der Waals surface area (Å²) >= 11 is 0. The maximum atomic E-state index is 4.47. The van der Waals surface area contributed by atoms with Crippen LogP contribution in [0.1, 0.15) is 38.4 Å². The van der Waals surface area contributed by atoms with E-state index in [9.17, 15) is 0 Å². The molecule has 0 radical (unpaired) electrons. The average molecular weight is 263 g/mol. The van der Waals surface area contributed by atoms with Gasteiger partial charge in [0.1, 0.15) is 17.5 Å². The van der Waals surface area contributed by atoms with Gasteiger partial charge in [0.05, 0.1) is 0 Å². The van der Waals surface area contributed by atoms with E-state index in [4.69, 9.17) is 0 Å². The molecule has 5 nitrogen and oxygen atoms in total. The minimum absolute atomic E-state index is 0.536. The topological polar surface area (TPSA) is 61.9 Å². The molecule has 0 unspecified atom stereocenters. The first-order valence-corrected chi connectivity index (χ1v) is 7.24. The summed E-state index contributed by atoms with van der Waals surface area (Å²) in [5.74, 6) is 2.66. The van der Waals surface area contributed by atoms with E-state index < -0.39 is 0 Å². The van der Waals surface area contributed by atoms with Crippen molar-refractivity contribution in [1.29, 1.82) is 0 Å². The highest BCUT2D eigenvalue weighted by Crippen LogP contribution is 2.22. The predicted molar refractivity (Wildman–Crippen MR) is 79.7 cm³/mol. The molecule has 106 valence electrons. The van der Waals surface area contributed by atoms with E-state index in [1.807, 2.05) is 13.0 Å². The number of rotatable bonds is 5. The van der Waals surface area contributed by atoms with Crippen LogP contribution in [0.5, 0.6) is 0 Å². The van der Waals surface area contributed by atoms with E-state index in [1.54, 1.807) is 0 Å². The van der Waals surface area contributed by atoms with Crippen LogP contribution in [-0.4, -0.2) is 35.6 Å². The molecule has 2 rings (SSSR count). The molecule has 1 heterocycles. The summed E-state index contributed by atoms with van der Waals surface area (Å²) < 4.78 is 0. The summed E-state index contributed by atoms with van der Waals surface area (Å²) in [6, 6.07) is 3.22. The highest BCUT2D eigenvalue weighted by atomic mass is 15.1. The monoisotopic (exact) mass is 263 g/mol. The van der Waals surface area contributed by atoms with Crippen LogP contribution in [0.4, 0.5) is 11.6 Å². The zero-order valence-electron chi connectivity index (χ0n) is 12.2. The number of nitrogens with one attached hydrogen (secondary N) is 3. The van der Waals surface area contributed by atoms with E-state index in [1.165, 1.54) is 25.7 Å². The van der Waals surface area contributed by atoms with Crippen molar-refractivity contribution in [2.75, 3.05) is 24.2 Å². The average Bonchev–Trinajstić information content (AvgIpc) is 2.39. The Hall–Kier alpha value is -1.36. The van der Waals surface area contributed by atoms with E-state index in [2.05, 4.69) is 39.9 Å². The van der Waals surface area contributed by atoms with Crippen LogP contribution in [0, 0.1) is 6.92 Å². The molecule has 5 heteroatoms. The van der Waals surface area contributed by atoms with Gasteiger partial charge in [-0.15, -0.1) is 0 Å². The molecule has 1 aromatic rings. The highest BCUT2D eigenvalue weighted by Gasteiger charge is 2.20. The fraction of sp³-hybridized carbons (Fsp3) is 0.714. The molecule has 1 fully saturated rings. The number of hydrogen-bond donors (Lipinski definition) is 3. The number of aromatic nitrogens is 2. The minimum atomic E-state index is 0.536. The molecular formula is C14H25N5. The second kappa shape index (κ2) is 6.70. The van der Waals surface area contributed by atoms with Crippen molar-refractivity contribution in [3.8, 4) is 0 Å². The van der Waals surface area contributed by atoms with Gasteiger partial charge < -0.3 is 16.0 Å². The van der Waals surface area contributed by atoms with Gasteiger partial charge in [-0.3, -0.25) is 0 Å². The summed E-state index contributed by atoms with van der Waals surface area (Å²) in [5.41, 5.74) is 0. The molecule has 0 amide bonds. The van der Waals surface area contributed by atoms with Gasteiger partial charge in [-0.2, -0.15) is 0 Å². The van der Waals surface area contributed by atoms with E-state index in [0.717, 1.165) is 24.0 Å². The quantitative estimate of drug-likeness (QED) is 0.760. The maximum Gasteiger partial charge on any atom is 0.132 e. The maximum absolute atomic E-state index is 4.47. The molecule has 3 N–H and O–H groups in total. The van der Waals surface area contributed by atoms with Crippen LogP contribution in [0.2, 0.25) is 0 Å². The third kappa shape index (κ3) is 4.06. The second-order valence-corrected chi connectivity index (χ2v) is 5.20. The lowest BCUT2D eigenvalue weighted by Crippen LogP contribution is -2.35. The SMILES string of the molecule is CCNc1cc(NC2CCC(NC)CC2)nc(C)n1. The fourth-order valence-electron chi connectivity index (χ4n) is 2.65. The van der Waals surface area contributed by atoms with Gasteiger partial charge in [0.25, 0.3) is 0 Å². The number of nitrogens with zero attached hydrogens (tertiary/aromatic N) is 2. The normalized spacial score (nSPS) is 23.1. The van der Waals surface area contributed by atoms with Crippen LogP contribution < -0.4 is 16.0 Å². The van der Waals surface area contributed by atoms with Crippen molar-refractivity contribution in [3.63, 3.8) is 0 Å². The lowest BCUT2D eigenvalue weighted by Gasteiger charge is -2.29. The Morgan fingerprint density at radius 3 is 2.37 bits per heavy atom. The lowest BCUT2D eigenvalue weighted by atomic mass is 9.91. The first-order valence-electron chi connectivity index (χ1n) is 7.24. The zero-order valence-corrected chi connectivity index (χ0v) is 12.2. The van der Waals surface area contributed by atoms with Gasteiger partial charge in [-0.05, 0) is 46.6 Å². The fourth-order valence-corrected chi connectivity index (χ4v) is 2.65. The molecule has 1 aliphatic rings. The molecule has 0 saturated heterocycles. The predicted octanol–water partition coefficient (Wildman–Crippen LogP) is 2.16. The molecule has 1 aliphatic carbocycles. The number of aryl methyl sites for hydroxylation is 1. The molecule has 0 atom stereocenters.